The van der Waals surface area contributed by atoms with Crippen LogP contribution in [0.5, 0.6) is 0 Å². The fourth-order valence-corrected chi connectivity index (χ4v) is 3.65. The van der Waals surface area contributed by atoms with Crippen molar-refractivity contribution in [3.63, 3.8) is 0 Å². The van der Waals surface area contributed by atoms with Gasteiger partial charge < -0.3 is 19.8 Å². The first-order valence-corrected chi connectivity index (χ1v) is 10.1. The highest BCUT2D eigenvalue weighted by Gasteiger charge is 2.35. The number of amides is 2. The zero-order valence-electron chi connectivity index (χ0n) is 18.2. The topological polar surface area (TPSA) is 83.8 Å². The molecule has 2 heterocycles. The van der Waals surface area contributed by atoms with Crippen LogP contribution in [0.3, 0.4) is 0 Å². The van der Waals surface area contributed by atoms with E-state index in [-0.39, 0.29) is 12.6 Å². The van der Waals surface area contributed by atoms with Crippen LogP contribution in [-0.4, -0.2) is 37.1 Å². The largest absolute Gasteiger partial charge is 0.464 e. The van der Waals surface area contributed by atoms with E-state index >= 15 is 0 Å². The number of urea groups is 1. The molecule has 1 aliphatic heterocycles. The number of nitrogens with zero attached hydrogens (tertiary/aromatic N) is 1. The number of ether oxygens (including phenoxy) is 1. The normalized spacial score (nSPS) is 16.5. The molecule has 30 heavy (non-hydrogen) atoms. The molecule has 0 radical (unpaired) electrons. The maximum Gasteiger partial charge on any atom is 0.338 e. The maximum absolute atomic E-state index is 12.8. The Morgan fingerprint density at radius 2 is 1.93 bits per heavy atom. The lowest BCUT2D eigenvalue weighted by molar-refractivity contribution is -0.139. The minimum Gasteiger partial charge on any atom is -0.464 e. The molecule has 0 fully saturated rings. The number of esters is 1. The standard InChI is InChI=1S/C23H29N3O4/c1-6-29-22(27)20-18(13-26(5)12-17-9-7-14(2)11-15(17)3)24-23(28)25-21(20)19-10-8-16(4)30-19/h7-11,21H,6,12-13H2,1-5H3,(H2,24,25,28)/t21-/m0/s1. The van der Waals surface area contributed by atoms with Crippen LogP contribution in [0.25, 0.3) is 0 Å². The van der Waals surface area contributed by atoms with E-state index in [0.717, 1.165) is 0 Å². The molecule has 2 amide bonds. The SMILES string of the molecule is CCOC(=O)C1=C(CN(C)Cc2ccc(C)cc2C)NC(=O)N[C@H]1c1ccc(C)o1. The Bertz CT molecular complexity index is 977. The van der Waals surface area contributed by atoms with Crippen molar-refractivity contribution in [2.24, 2.45) is 0 Å². The summed E-state index contributed by atoms with van der Waals surface area (Å²) in [4.78, 5) is 27.2. The summed E-state index contributed by atoms with van der Waals surface area (Å²) in [5.41, 5.74) is 4.50. The van der Waals surface area contributed by atoms with E-state index < -0.39 is 12.0 Å². The summed E-state index contributed by atoms with van der Waals surface area (Å²) in [7, 11) is 1.95. The Morgan fingerprint density at radius 1 is 1.17 bits per heavy atom. The molecule has 7 nitrogen and oxygen atoms in total. The molecule has 0 spiro atoms. The molecule has 0 saturated heterocycles. The summed E-state index contributed by atoms with van der Waals surface area (Å²) in [6, 6.07) is 8.83. The third kappa shape index (κ3) is 4.91. The summed E-state index contributed by atoms with van der Waals surface area (Å²) >= 11 is 0. The predicted molar refractivity (Wildman–Crippen MR) is 114 cm³/mol. The number of hydrogen-bond acceptors (Lipinski definition) is 5. The minimum absolute atomic E-state index is 0.242. The quantitative estimate of drug-likeness (QED) is 0.681. The van der Waals surface area contributed by atoms with E-state index in [4.69, 9.17) is 9.15 Å². The molecule has 2 aromatic rings. The number of rotatable bonds is 7. The van der Waals surface area contributed by atoms with E-state index in [9.17, 15) is 9.59 Å². The van der Waals surface area contributed by atoms with Crippen molar-refractivity contribution < 1.29 is 18.7 Å². The highest BCUT2D eigenvalue weighted by atomic mass is 16.5. The van der Waals surface area contributed by atoms with Gasteiger partial charge in [-0.25, -0.2) is 9.59 Å². The molecule has 1 aromatic carbocycles. The second-order valence-electron chi connectivity index (χ2n) is 7.69. The highest BCUT2D eigenvalue weighted by Crippen LogP contribution is 2.29. The van der Waals surface area contributed by atoms with Crippen LogP contribution in [0.15, 0.2) is 46.0 Å². The van der Waals surface area contributed by atoms with Crippen molar-refractivity contribution in [2.75, 3.05) is 20.2 Å². The lowest BCUT2D eigenvalue weighted by atomic mass is 9.99. The average Bonchev–Trinajstić information content (AvgIpc) is 3.10. The van der Waals surface area contributed by atoms with E-state index in [1.165, 1.54) is 16.7 Å². The van der Waals surface area contributed by atoms with Crippen molar-refractivity contribution in [1.82, 2.24) is 15.5 Å². The predicted octanol–water partition coefficient (Wildman–Crippen LogP) is 3.51. The molecule has 0 unspecified atom stereocenters. The molecule has 1 aliphatic rings. The number of aryl methyl sites for hydroxylation is 3. The summed E-state index contributed by atoms with van der Waals surface area (Å²) in [5.74, 6) is 0.730. The molecule has 1 atom stereocenters. The van der Waals surface area contributed by atoms with Gasteiger partial charge in [0.2, 0.25) is 0 Å². The molecular weight excluding hydrogens is 382 g/mol. The van der Waals surface area contributed by atoms with Gasteiger partial charge in [-0.2, -0.15) is 0 Å². The van der Waals surface area contributed by atoms with Crippen molar-refractivity contribution in [3.8, 4) is 0 Å². The number of nitrogens with one attached hydrogen (secondary N) is 2. The number of carbonyl (C=O) groups is 2. The fourth-order valence-electron chi connectivity index (χ4n) is 3.65. The molecular formula is C23H29N3O4. The van der Waals surface area contributed by atoms with E-state index in [1.807, 2.05) is 14.0 Å². The zero-order valence-corrected chi connectivity index (χ0v) is 18.2. The van der Waals surface area contributed by atoms with Gasteiger partial charge in [0.15, 0.2) is 0 Å². The fraction of sp³-hybridized carbons (Fsp3) is 0.391. The van der Waals surface area contributed by atoms with Gasteiger partial charge in [0, 0.05) is 18.8 Å². The van der Waals surface area contributed by atoms with Crippen molar-refractivity contribution in [2.45, 2.75) is 40.3 Å². The van der Waals surface area contributed by atoms with Gasteiger partial charge in [-0.15, -0.1) is 0 Å². The lowest BCUT2D eigenvalue weighted by Crippen LogP contribution is -2.48. The smallest absolute Gasteiger partial charge is 0.338 e. The second-order valence-corrected chi connectivity index (χ2v) is 7.69. The first-order valence-electron chi connectivity index (χ1n) is 10.1. The summed E-state index contributed by atoms with van der Waals surface area (Å²) in [5, 5.41) is 5.58. The van der Waals surface area contributed by atoms with E-state index in [0.29, 0.717) is 35.9 Å². The number of hydrogen-bond donors (Lipinski definition) is 2. The Morgan fingerprint density at radius 3 is 2.57 bits per heavy atom. The first-order chi connectivity index (χ1) is 14.3. The molecule has 160 valence electrons. The molecule has 2 N–H and O–H groups in total. The van der Waals surface area contributed by atoms with Crippen LogP contribution in [0, 0.1) is 20.8 Å². The number of furan rings is 1. The van der Waals surface area contributed by atoms with Gasteiger partial charge in [-0.3, -0.25) is 4.90 Å². The molecule has 0 aliphatic carbocycles. The molecule has 7 heteroatoms. The van der Waals surface area contributed by atoms with Crippen LogP contribution in [0.4, 0.5) is 4.79 Å². The van der Waals surface area contributed by atoms with E-state index in [2.05, 4.69) is 47.6 Å². The van der Waals surface area contributed by atoms with Crippen LogP contribution in [0.2, 0.25) is 0 Å². The lowest BCUT2D eigenvalue weighted by Gasteiger charge is -2.30. The van der Waals surface area contributed by atoms with Crippen molar-refractivity contribution >= 4 is 12.0 Å². The number of likely N-dealkylation sites (N-methyl/N-ethyl adjacent to an activating group) is 1. The Kier molecular flexibility index (Phi) is 6.62. The third-order valence-corrected chi connectivity index (χ3v) is 5.06. The summed E-state index contributed by atoms with van der Waals surface area (Å²) in [6.07, 6.45) is 0. The van der Waals surface area contributed by atoms with Crippen molar-refractivity contribution in [1.29, 1.82) is 0 Å². The van der Waals surface area contributed by atoms with E-state index in [1.54, 1.807) is 19.1 Å². The Labute approximate surface area is 177 Å². The maximum atomic E-state index is 12.8. The third-order valence-electron chi connectivity index (χ3n) is 5.06. The van der Waals surface area contributed by atoms with Gasteiger partial charge >= 0.3 is 12.0 Å². The van der Waals surface area contributed by atoms with Crippen LogP contribution in [-0.2, 0) is 16.1 Å². The van der Waals surface area contributed by atoms with Gasteiger partial charge in [-0.1, -0.05) is 23.8 Å². The van der Waals surface area contributed by atoms with Gasteiger partial charge in [0.1, 0.15) is 17.6 Å². The molecule has 0 saturated carbocycles. The summed E-state index contributed by atoms with van der Waals surface area (Å²) in [6.45, 7) is 9.03. The number of carbonyl (C=O) groups excluding carboxylic acids is 2. The number of benzene rings is 1. The van der Waals surface area contributed by atoms with Crippen LogP contribution < -0.4 is 10.6 Å². The highest BCUT2D eigenvalue weighted by molar-refractivity contribution is 5.95. The van der Waals surface area contributed by atoms with Gasteiger partial charge in [-0.05, 0) is 58.0 Å². The summed E-state index contributed by atoms with van der Waals surface area (Å²) < 4.78 is 11.0. The van der Waals surface area contributed by atoms with Crippen LogP contribution >= 0.6 is 0 Å². The Balaban J connectivity index is 1.91. The minimum atomic E-state index is -0.698. The Hall–Kier alpha value is -3.06. The van der Waals surface area contributed by atoms with Gasteiger partial charge in [0.05, 0.1) is 12.2 Å². The average molecular weight is 412 g/mol. The molecule has 3 rings (SSSR count). The zero-order chi connectivity index (χ0) is 21.8. The first kappa shape index (κ1) is 21.6. The second kappa shape index (κ2) is 9.17. The van der Waals surface area contributed by atoms with Gasteiger partial charge in [0.25, 0.3) is 0 Å². The molecule has 1 aromatic heterocycles. The van der Waals surface area contributed by atoms with Crippen molar-refractivity contribution in [3.05, 3.63) is 69.8 Å². The monoisotopic (exact) mass is 411 g/mol. The van der Waals surface area contributed by atoms with Crippen LogP contribution in [0.1, 0.15) is 41.2 Å². The molecule has 0 bridgehead atoms.